The molecule has 0 aromatic carbocycles. The molecule has 2 aromatic heterocycles. The molecule has 2 N–H and O–H groups in total. The SMILES string of the molecule is COCC(CCO)Nc1nc(Cl)nc2sccc12. The average molecular weight is 288 g/mol. The van der Waals surface area contributed by atoms with Crippen LogP contribution in [0.4, 0.5) is 5.82 Å². The van der Waals surface area contributed by atoms with Crippen molar-refractivity contribution in [1.82, 2.24) is 9.97 Å². The summed E-state index contributed by atoms with van der Waals surface area (Å²) in [6, 6.07) is 1.94. The molecule has 0 fully saturated rings. The lowest BCUT2D eigenvalue weighted by Gasteiger charge is -2.17. The lowest BCUT2D eigenvalue weighted by atomic mass is 10.2. The van der Waals surface area contributed by atoms with E-state index in [9.17, 15) is 0 Å². The highest BCUT2D eigenvalue weighted by atomic mass is 35.5. The molecule has 0 saturated carbocycles. The van der Waals surface area contributed by atoms with Crippen LogP contribution in [0.25, 0.3) is 10.2 Å². The molecule has 98 valence electrons. The topological polar surface area (TPSA) is 67.3 Å². The Kier molecular flexibility index (Phi) is 4.71. The van der Waals surface area contributed by atoms with Crippen molar-refractivity contribution >= 4 is 39.0 Å². The zero-order valence-corrected chi connectivity index (χ0v) is 11.5. The Hall–Kier alpha value is -0.950. The van der Waals surface area contributed by atoms with Gasteiger partial charge in [-0.25, -0.2) is 9.97 Å². The van der Waals surface area contributed by atoms with Crippen LogP contribution in [0.15, 0.2) is 11.4 Å². The van der Waals surface area contributed by atoms with E-state index in [-0.39, 0.29) is 17.9 Å². The van der Waals surface area contributed by atoms with Crippen molar-refractivity contribution in [3.63, 3.8) is 0 Å². The summed E-state index contributed by atoms with van der Waals surface area (Å²) in [5.74, 6) is 0.682. The zero-order chi connectivity index (χ0) is 13.0. The number of ether oxygens (including phenoxy) is 1. The Balaban J connectivity index is 2.26. The number of thiophene rings is 1. The molecule has 2 aromatic rings. The summed E-state index contributed by atoms with van der Waals surface area (Å²) in [5.41, 5.74) is 0. The van der Waals surface area contributed by atoms with Gasteiger partial charge in [0, 0.05) is 13.7 Å². The fraction of sp³-hybridized carbons (Fsp3) is 0.455. The third-order valence-electron chi connectivity index (χ3n) is 2.48. The number of halogens is 1. The predicted octanol–water partition coefficient (Wildman–Crippen LogP) is 2.15. The van der Waals surface area contributed by atoms with E-state index in [4.69, 9.17) is 21.4 Å². The largest absolute Gasteiger partial charge is 0.396 e. The number of anilines is 1. The first kappa shape index (κ1) is 13.5. The number of rotatable bonds is 6. The summed E-state index contributed by atoms with van der Waals surface area (Å²) < 4.78 is 5.11. The lowest BCUT2D eigenvalue weighted by Crippen LogP contribution is -2.26. The Morgan fingerprint density at radius 2 is 2.39 bits per heavy atom. The number of hydrogen-bond acceptors (Lipinski definition) is 6. The van der Waals surface area contributed by atoms with Crippen LogP contribution in [0.1, 0.15) is 6.42 Å². The summed E-state index contributed by atoms with van der Waals surface area (Å²) >= 11 is 7.40. The first-order valence-corrected chi connectivity index (χ1v) is 6.77. The number of methoxy groups -OCH3 is 1. The van der Waals surface area contributed by atoms with Gasteiger partial charge in [-0.15, -0.1) is 11.3 Å². The van der Waals surface area contributed by atoms with E-state index in [1.807, 2.05) is 11.4 Å². The summed E-state index contributed by atoms with van der Waals surface area (Å²) in [6.07, 6.45) is 0.584. The van der Waals surface area contributed by atoms with Crippen LogP contribution >= 0.6 is 22.9 Å². The van der Waals surface area contributed by atoms with E-state index < -0.39 is 0 Å². The van der Waals surface area contributed by atoms with E-state index in [1.54, 1.807) is 7.11 Å². The number of aliphatic hydroxyl groups is 1. The molecule has 0 aliphatic heterocycles. The molecular weight excluding hydrogens is 274 g/mol. The molecule has 0 aliphatic rings. The van der Waals surface area contributed by atoms with Crippen molar-refractivity contribution in [2.45, 2.75) is 12.5 Å². The highest BCUT2D eigenvalue weighted by Crippen LogP contribution is 2.27. The fourth-order valence-electron chi connectivity index (χ4n) is 1.69. The van der Waals surface area contributed by atoms with Gasteiger partial charge in [-0.3, -0.25) is 0 Å². The van der Waals surface area contributed by atoms with E-state index in [0.29, 0.717) is 18.8 Å². The third kappa shape index (κ3) is 3.08. The molecule has 0 saturated heterocycles. The van der Waals surface area contributed by atoms with Gasteiger partial charge in [0.1, 0.15) is 10.6 Å². The van der Waals surface area contributed by atoms with Crippen molar-refractivity contribution < 1.29 is 9.84 Å². The van der Waals surface area contributed by atoms with E-state index >= 15 is 0 Å². The average Bonchev–Trinajstić information content (AvgIpc) is 2.77. The first-order valence-electron chi connectivity index (χ1n) is 5.51. The van der Waals surface area contributed by atoms with Crippen LogP contribution in [0.5, 0.6) is 0 Å². The number of aliphatic hydroxyl groups excluding tert-OH is 1. The van der Waals surface area contributed by atoms with Gasteiger partial charge in [0.2, 0.25) is 5.28 Å². The van der Waals surface area contributed by atoms with Gasteiger partial charge in [0.25, 0.3) is 0 Å². The molecule has 0 spiro atoms. The van der Waals surface area contributed by atoms with E-state index in [2.05, 4.69) is 15.3 Å². The van der Waals surface area contributed by atoms with Gasteiger partial charge in [-0.1, -0.05) is 0 Å². The molecule has 1 atom stereocenters. The fourth-order valence-corrected chi connectivity index (χ4v) is 2.67. The highest BCUT2D eigenvalue weighted by molar-refractivity contribution is 7.16. The molecular formula is C11H14ClN3O2S. The van der Waals surface area contributed by atoms with Gasteiger partial charge in [0.05, 0.1) is 18.0 Å². The summed E-state index contributed by atoms with van der Waals surface area (Å²) in [7, 11) is 1.62. The molecule has 0 amide bonds. The van der Waals surface area contributed by atoms with Crippen LogP contribution < -0.4 is 5.32 Å². The number of fused-ring (bicyclic) bond motifs is 1. The minimum atomic E-state index is -0.00549. The normalized spacial score (nSPS) is 12.8. The first-order chi connectivity index (χ1) is 8.74. The maximum absolute atomic E-state index is 9.02. The molecule has 18 heavy (non-hydrogen) atoms. The molecule has 5 nitrogen and oxygen atoms in total. The van der Waals surface area contributed by atoms with Gasteiger partial charge in [-0.05, 0) is 29.5 Å². The number of nitrogens with one attached hydrogen (secondary N) is 1. The van der Waals surface area contributed by atoms with Crippen LogP contribution in [0.3, 0.4) is 0 Å². The van der Waals surface area contributed by atoms with Gasteiger partial charge < -0.3 is 15.2 Å². The van der Waals surface area contributed by atoms with Crippen molar-refractivity contribution in [2.75, 3.05) is 25.6 Å². The second kappa shape index (κ2) is 6.29. The van der Waals surface area contributed by atoms with Crippen LogP contribution in [-0.2, 0) is 4.74 Å². The number of hydrogen-bond donors (Lipinski definition) is 2. The minimum Gasteiger partial charge on any atom is -0.396 e. The summed E-state index contributed by atoms with van der Waals surface area (Å²) in [6.45, 7) is 0.584. The van der Waals surface area contributed by atoms with Gasteiger partial charge in [0.15, 0.2) is 0 Å². The minimum absolute atomic E-state index is 0.00549. The standard InChI is InChI=1S/C11H14ClN3O2S/c1-17-6-7(2-4-16)13-9-8-3-5-18-10(8)15-11(12)14-9/h3,5,7,16H,2,4,6H2,1H3,(H,13,14,15). The second-order valence-corrected chi connectivity index (χ2v) is 5.02. The quantitative estimate of drug-likeness (QED) is 0.797. The Morgan fingerprint density at radius 3 is 3.11 bits per heavy atom. The second-order valence-electron chi connectivity index (χ2n) is 3.79. The number of nitrogens with zero attached hydrogens (tertiary/aromatic N) is 2. The maximum atomic E-state index is 9.02. The van der Waals surface area contributed by atoms with Crippen molar-refractivity contribution in [2.24, 2.45) is 0 Å². The predicted molar refractivity (Wildman–Crippen MR) is 73.4 cm³/mol. The Bertz CT molecular complexity index is 514. The van der Waals surface area contributed by atoms with Crippen molar-refractivity contribution in [3.05, 3.63) is 16.7 Å². The van der Waals surface area contributed by atoms with Gasteiger partial charge >= 0.3 is 0 Å². The monoisotopic (exact) mass is 287 g/mol. The Morgan fingerprint density at radius 1 is 1.56 bits per heavy atom. The Labute approximate surface area is 114 Å². The van der Waals surface area contributed by atoms with Gasteiger partial charge in [-0.2, -0.15) is 0 Å². The molecule has 2 rings (SSSR count). The highest BCUT2D eigenvalue weighted by Gasteiger charge is 2.13. The van der Waals surface area contributed by atoms with Crippen LogP contribution in [0.2, 0.25) is 5.28 Å². The molecule has 0 radical (unpaired) electrons. The molecule has 1 unspecified atom stereocenters. The smallest absolute Gasteiger partial charge is 0.225 e. The van der Waals surface area contributed by atoms with Crippen LogP contribution in [0, 0.1) is 0 Å². The van der Waals surface area contributed by atoms with Crippen LogP contribution in [-0.4, -0.2) is 41.4 Å². The maximum Gasteiger partial charge on any atom is 0.225 e. The number of aromatic nitrogens is 2. The molecule has 0 aliphatic carbocycles. The zero-order valence-electron chi connectivity index (χ0n) is 9.89. The van der Waals surface area contributed by atoms with E-state index in [0.717, 1.165) is 10.2 Å². The van der Waals surface area contributed by atoms with Crippen molar-refractivity contribution in [1.29, 1.82) is 0 Å². The lowest BCUT2D eigenvalue weighted by molar-refractivity contribution is 0.170. The third-order valence-corrected chi connectivity index (χ3v) is 3.46. The molecule has 7 heteroatoms. The molecule has 0 bridgehead atoms. The summed E-state index contributed by atoms with van der Waals surface area (Å²) in [5, 5.41) is 15.3. The molecule has 2 heterocycles. The van der Waals surface area contributed by atoms with E-state index in [1.165, 1.54) is 11.3 Å². The summed E-state index contributed by atoms with van der Waals surface area (Å²) in [4.78, 5) is 9.18. The van der Waals surface area contributed by atoms with Crippen molar-refractivity contribution in [3.8, 4) is 0 Å².